The highest BCUT2D eigenvalue weighted by Gasteiger charge is 2.27. The summed E-state index contributed by atoms with van der Waals surface area (Å²) in [6.45, 7) is 0. The molecule has 0 aromatic heterocycles. The summed E-state index contributed by atoms with van der Waals surface area (Å²) in [7, 11) is 0. The summed E-state index contributed by atoms with van der Waals surface area (Å²) in [5.41, 5.74) is 6.24. The molecule has 0 heterocycles. The minimum absolute atomic E-state index is 0.0213. The van der Waals surface area contributed by atoms with Crippen LogP contribution in [0.3, 0.4) is 0 Å². The van der Waals surface area contributed by atoms with Crippen molar-refractivity contribution < 1.29 is 9.18 Å². The average Bonchev–Trinajstić information content (AvgIpc) is 2.69. The molecule has 0 radical (unpaired) electrons. The standard InChI is InChI=1S/C13H15BrFNO/c14-10-3-1-8(12(15)7-10)6-13(17)9-2-4-11(16)5-9/h1,3,7,9,11H,2,4-6,16H2. The Hall–Kier alpha value is -0.740. The molecule has 0 bridgehead atoms. The van der Waals surface area contributed by atoms with Crippen molar-refractivity contribution >= 4 is 21.7 Å². The molecular formula is C13H15BrFNO. The second-order valence-electron chi connectivity index (χ2n) is 4.65. The maximum Gasteiger partial charge on any atom is 0.140 e. The largest absolute Gasteiger partial charge is 0.328 e. The SMILES string of the molecule is NC1CCC(C(=O)Cc2ccc(Br)cc2F)C1. The van der Waals surface area contributed by atoms with Crippen LogP contribution >= 0.6 is 15.9 Å². The number of carbonyl (C=O) groups excluding carboxylic acids is 1. The number of hydrogen-bond donors (Lipinski definition) is 1. The normalized spacial score (nSPS) is 23.9. The minimum atomic E-state index is -0.324. The van der Waals surface area contributed by atoms with Gasteiger partial charge in [-0.2, -0.15) is 0 Å². The first-order chi connectivity index (χ1) is 8.06. The molecule has 1 aromatic carbocycles. The fraction of sp³-hybridized carbons (Fsp3) is 0.462. The third kappa shape index (κ3) is 3.13. The highest BCUT2D eigenvalue weighted by atomic mass is 79.9. The van der Waals surface area contributed by atoms with Gasteiger partial charge >= 0.3 is 0 Å². The molecule has 2 nitrogen and oxygen atoms in total. The summed E-state index contributed by atoms with van der Waals surface area (Å²) < 4.78 is 14.3. The van der Waals surface area contributed by atoms with Crippen molar-refractivity contribution in [2.24, 2.45) is 11.7 Å². The Kier molecular flexibility index (Phi) is 3.94. The van der Waals surface area contributed by atoms with Crippen molar-refractivity contribution in [3.8, 4) is 0 Å². The Morgan fingerprint density at radius 2 is 2.24 bits per heavy atom. The van der Waals surface area contributed by atoms with Gasteiger partial charge in [0.05, 0.1) is 0 Å². The smallest absolute Gasteiger partial charge is 0.140 e. The van der Waals surface area contributed by atoms with Crippen LogP contribution in [-0.2, 0) is 11.2 Å². The highest BCUT2D eigenvalue weighted by Crippen LogP contribution is 2.26. The maximum absolute atomic E-state index is 13.6. The van der Waals surface area contributed by atoms with E-state index >= 15 is 0 Å². The van der Waals surface area contributed by atoms with Crippen molar-refractivity contribution in [1.82, 2.24) is 0 Å². The van der Waals surface area contributed by atoms with Crippen LogP contribution < -0.4 is 5.73 Å². The molecule has 1 aromatic rings. The summed E-state index contributed by atoms with van der Waals surface area (Å²) in [5.74, 6) is -0.192. The zero-order valence-electron chi connectivity index (χ0n) is 9.46. The molecule has 4 heteroatoms. The first kappa shape index (κ1) is 12.7. The van der Waals surface area contributed by atoms with Crippen LogP contribution in [0.2, 0.25) is 0 Å². The summed E-state index contributed by atoms with van der Waals surface area (Å²) in [5, 5.41) is 0. The molecule has 0 spiro atoms. The van der Waals surface area contributed by atoms with Gasteiger partial charge in [-0.25, -0.2) is 4.39 Å². The van der Waals surface area contributed by atoms with Crippen LogP contribution in [0, 0.1) is 11.7 Å². The summed E-state index contributed by atoms with van der Waals surface area (Å²) in [6.07, 6.45) is 2.67. The lowest BCUT2D eigenvalue weighted by atomic mass is 9.96. The van der Waals surface area contributed by atoms with Gasteiger partial charge in [0.1, 0.15) is 11.6 Å². The third-order valence-corrected chi connectivity index (χ3v) is 3.80. The van der Waals surface area contributed by atoms with Crippen molar-refractivity contribution in [2.75, 3.05) is 0 Å². The van der Waals surface area contributed by atoms with Gasteiger partial charge in [-0.05, 0) is 37.0 Å². The average molecular weight is 300 g/mol. The number of carbonyl (C=O) groups is 1. The van der Waals surface area contributed by atoms with Crippen LogP contribution in [0.15, 0.2) is 22.7 Å². The Morgan fingerprint density at radius 3 is 2.82 bits per heavy atom. The van der Waals surface area contributed by atoms with Gasteiger partial charge in [0.2, 0.25) is 0 Å². The van der Waals surface area contributed by atoms with Gasteiger partial charge in [-0.3, -0.25) is 4.79 Å². The van der Waals surface area contributed by atoms with E-state index in [1.54, 1.807) is 12.1 Å². The molecule has 2 atom stereocenters. The lowest BCUT2D eigenvalue weighted by molar-refractivity contribution is -0.122. The fourth-order valence-electron chi connectivity index (χ4n) is 2.31. The zero-order valence-corrected chi connectivity index (χ0v) is 11.0. The Labute approximate surface area is 109 Å². The third-order valence-electron chi connectivity index (χ3n) is 3.31. The predicted octanol–water partition coefficient (Wildman–Crippen LogP) is 2.83. The van der Waals surface area contributed by atoms with Crippen molar-refractivity contribution in [3.63, 3.8) is 0 Å². The molecule has 2 rings (SSSR count). The Bertz CT molecular complexity index is 435. The number of ketones is 1. The molecule has 1 aliphatic rings. The number of hydrogen-bond acceptors (Lipinski definition) is 2. The van der Waals surface area contributed by atoms with Gasteiger partial charge in [0.15, 0.2) is 0 Å². The lowest BCUT2D eigenvalue weighted by Crippen LogP contribution is -2.19. The fourth-order valence-corrected chi connectivity index (χ4v) is 2.64. The maximum atomic E-state index is 13.6. The van der Waals surface area contributed by atoms with E-state index < -0.39 is 0 Å². The molecule has 0 saturated heterocycles. The second-order valence-corrected chi connectivity index (χ2v) is 5.56. The van der Waals surface area contributed by atoms with Gasteiger partial charge < -0.3 is 5.73 Å². The number of rotatable bonds is 3. The Balaban J connectivity index is 2.03. The number of Topliss-reactive ketones (excluding diaryl/α,β-unsaturated/α-hetero) is 1. The summed E-state index contributed by atoms with van der Waals surface area (Å²) in [6, 6.07) is 4.94. The van der Waals surface area contributed by atoms with Crippen molar-refractivity contribution in [1.29, 1.82) is 0 Å². The predicted molar refractivity (Wildman–Crippen MR) is 68.1 cm³/mol. The second kappa shape index (κ2) is 5.27. The molecule has 2 unspecified atom stereocenters. The van der Waals surface area contributed by atoms with E-state index in [0.29, 0.717) is 10.0 Å². The van der Waals surface area contributed by atoms with E-state index in [-0.39, 0.29) is 30.0 Å². The van der Waals surface area contributed by atoms with E-state index in [2.05, 4.69) is 15.9 Å². The highest BCUT2D eigenvalue weighted by molar-refractivity contribution is 9.10. The van der Waals surface area contributed by atoms with E-state index in [4.69, 9.17) is 5.73 Å². The molecule has 2 N–H and O–H groups in total. The molecule has 0 amide bonds. The summed E-state index contributed by atoms with van der Waals surface area (Å²) >= 11 is 3.20. The van der Waals surface area contributed by atoms with Crippen LogP contribution in [0.25, 0.3) is 0 Å². The van der Waals surface area contributed by atoms with Crippen molar-refractivity contribution in [2.45, 2.75) is 31.7 Å². The first-order valence-electron chi connectivity index (χ1n) is 5.78. The van der Waals surface area contributed by atoms with E-state index in [0.717, 1.165) is 19.3 Å². The number of nitrogens with two attached hydrogens (primary N) is 1. The Morgan fingerprint density at radius 1 is 1.47 bits per heavy atom. The van der Waals surface area contributed by atoms with Crippen LogP contribution in [0.5, 0.6) is 0 Å². The van der Waals surface area contributed by atoms with Crippen LogP contribution in [-0.4, -0.2) is 11.8 Å². The molecule has 92 valence electrons. The number of halogens is 2. The molecule has 1 saturated carbocycles. The van der Waals surface area contributed by atoms with E-state index in [1.165, 1.54) is 6.07 Å². The molecule has 1 aliphatic carbocycles. The van der Waals surface area contributed by atoms with E-state index in [9.17, 15) is 9.18 Å². The minimum Gasteiger partial charge on any atom is -0.328 e. The van der Waals surface area contributed by atoms with E-state index in [1.807, 2.05) is 0 Å². The zero-order chi connectivity index (χ0) is 12.4. The van der Waals surface area contributed by atoms with Crippen LogP contribution in [0.1, 0.15) is 24.8 Å². The quantitative estimate of drug-likeness (QED) is 0.933. The van der Waals surface area contributed by atoms with Crippen molar-refractivity contribution in [3.05, 3.63) is 34.1 Å². The van der Waals surface area contributed by atoms with Gasteiger partial charge in [0, 0.05) is 22.9 Å². The molecule has 0 aliphatic heterocycles. The molecular weight excluding hydrogens is 285 g/mol. The van der Waals surface area contributed by atoms with Gasteiger partial charge in [-0.1, -0.05) is 22.0 Å². The topological polar surface area (TPSA) is 43.1 Å². The van der Waals surface area contributed by atoms with Crippen LogP contribution in [0.4, 0.5) is 4.39 Å². The lowest BCUT2D eigenvalue weighted by Gasteiger charge is -2.09. The van der Waals surface area contributed by atoms with Gasteiger partial charge in [-0.15, -0.1) is 0 Å². The molecule has 17 heavy (non-hydrogen) atoms. The van der Waals surface area contributed by atoms with Gasteiger partial charge in [0.25, 0.3) is 0 Å². The number of benzene rings is 1. The molecule has 1 fully saturated rings. The monoisotopic (exact) mass is 299 g/mol. The first-order valence-corrected chi connectivity index (χ1v) is 6.58. The summed E-state index contributed by atoms with van der Waals surface area (Å²) in [4.78, 5) is 12.0.